The van der Waals surface area contributed by atoms with Gasteiger partial charge in [0.15, 0.2) is 0 Å². The van der Waals surface area contributed by atoms with Gasteiger partial charge in [-0.15, -0.1) is 0 Å². The summed E-state index contributed by atoms with van der Waals surface area (Å²) >= 11 is 0. The minimum Gasteiger partial charge on any atom is -0.380 e. The first kappa shape index (κ1) is 16.1. The van der Waals surface area contributed by atoms with Crippen LogP contribution in [0, 0.1) is 18.3 Å². The van der Waals surface area contributed by atoms with Crippen molar-refractivity contribution >= 4 is 11.6 Å². The Balaban J connectivity index is 1.75. The number of methoxy groups -OCH3 is 1. The standard InChI is InChI=1S/C17H20N6O/c1-12-3-4-13(8-18)17(22-12)20-9-14-7-15(24-2)10-23(14)16-5-6-19-11-21-16/h3-6,11,14-15H,7,9-10H2,1-2H3,(H,20,22)/t14-,15-/m1/s1. The fraction of sp³-hybridized carbons (Fsp3) is 0.412. The number of anilines is 2. The molecule has 7 nitrogen and oxygen atoms in total. The highest BCUT2D eigenvalue weighted by Crippen LogP contribution is 2.25. The number of aromatic nitrogens is 3. The molecule has 0 saturated carbocycles. The van der Waals surface area contributed by atoms with Crippen molar-refractivity contribution in [3.8, 4) is 6.07 Å². The fourth-order valence-corrected chi connectivity index (χ4v) is 2.97. The monoisotopic (exact) mass is 324 g/mol. The van der Waals surface area contributed by atoms with E-state index in [2.05, 4.69) is 31.2 Å². The van der Waals surface area contributed by atoms with Gasteiger partial charge in [-0.05, 0) is 31.5 Å². The molecule has 1 saturated heterocycles. The van der Waals surface area contributed by atoms with Crippen LogP contribution in [0.2, 0.25) is 0 Å². The van der Waals surface area contributed by atoms with Crippen LogP contribution in [0.5, 0.6) is 0 Å². The third-order valence-corrected chi connectivity index (χ3v) is 4.23. The molecular formula is C17H20N6O. The molecule has 3 rings (SSSR count). The first-order valence-corrected chi connectivity index (χ1v) is 7.88. The molecule has 0 amide bonds. The maximum atomic E-state index is 9.23. The number of nitriles is 1. The molecular weight excluding hydrogens is 304 g/mol. The Bertz CT molecular complexity index is 730. The summed E-state index contributed by atoms with van der Waals surface area (Å²) in [5.41, 5.74) is 1.43. The lowest BCUT2D eigenvalue weighted by Gasteiger charge is -2.25. The van der Waals surface area contributed by atoms with E-state index in [1.54, 1.807) is 25.7 Å². The van der Waals surface area contributed by atoms with Crippen molar-refractivity contribution in [2.45, 2.75) is 25.5 Å². The highest BCUT2D eigenvalue weighted by molar-refractivity contribution is 5.53. The quantitative estimate of drug-likeness (QED) is 0.896. The first-order valence-electron chi connectivity index (χ1n) is 7.88. The summed E-state index contributed by atoms with van der Waals surface area (Å²) in [6.45, 7) is 3.36. The smallest absolute Gasteiger partial charge is 0.144 e. The molecule has 1 N–H and O–H groups in total. The Kier molecular flexibility index (Phi) is 4.87. The largest absolute Gasteiger partial charge is 0.380 e. The summed E-state index contributed by atoms with van der Waals surface area (Å²) in [4.78, 5) is 15.0. The zero-order valence-corrected chi connectivity index (χ0v) is 13.8. The normalized spacial score (nSPS) is 20.0. The molecule has 1 fully saturated rings. The fourth-order valence-electron chi connectivity index (χ4n) is 2.97. The molecule has 2 atom stereocenters. The van der Waals surface area contributed by atoms with Gasteiger partial charge in [0.25, 0.3) is 0 Å². The number of ether oxygens (including phenoxy) is 1. The van der Waals surface area contributed by atoms with E-state index in [-0.39, 0.29) is 12.1 Å². The van der Waals surface area contributed by atoms with Crippen LogP contribution >= 0.6 is 0 Å². The number of pyridine rings is 1. The number of nitrogens with zero attached hydrogens (tertiary/aromatic N) is 5. The predicted octanol–water partition coefficient (Wildman–Crippen LogP) is 1.76. The molecule has 2 aromatic rings. The van der Waals surface area contributed by atoms with Crippen LogP contribution in [0.4, 0.5) is 11.6 Å². The molecule has 7 heteroatoms. The zero-order valence-electron chi connectivity index (χ0n) is 13.8. The van der Waals surface area contributed by atoms with E-state index >= 15 is 0 Å². The summed E-state index contributed by atoms with van der Waals surface area (Å²) < 4.78 is 5.53. The predicted molar refractivity (Wildman–Crippen MR) is 90.8 cm³/mol. The van der Waals surface area contributed by atoms with E-state index in [4.69, 9.17) is 4.74 Å². The van der Waals surface area contributed by atoms with Gasteiger partial charge in [-0.3, -0.25) is 0 Å². The number of rotatable bonds is 5. The summed E-state index contributed by atoms with van der Waals surface area (Å²) in [5.74, 6) is 1.51. The third-order valence-electron chi connectivity index (χ3n) is 4.23. The van der Waals surface area contributed by atoms with Crippen molar-refractivity contribution in [2.24, 2.45) is 0 Å². The minimum absolute atomic E-state index is 0.160. The van der Waals surface area contributed by atoms with Crippen molar-refractivity contribution in [3.05, 3.63) is 42.0 Å². The third kappa shape index (κ3) is 3.44. The zero-order chi connectivity index (χ0) is 16.9. The molecule has 1 aliphatic rings. The lowest BCUT2D eigenvalue weighted by molar-refractivity contribution is 0.118. The molecule has 2 aromatic heterocycles. The minimum atomic E-state index is 0.160. The van der Waals surface area contributed by atoms with Crippen LogP contribution in [0.3, 0.4) is 0 Å². The molecule has 1 aliphatic heterocycles. The summed E-state index contributed by atoms with van der Waals surface area (Å²) in [6, 6.07) is 7.92. The number of hydrogen-bond donors (Lipinski definition) is 1. The molecule has 0 unspecified atom stereocenters. The van der Waals surface area contributed by atoms with E-state index in [1.165, 1.54) is 0 Å². The van der Waals surface area contributed by atoms with Crippen LogP contribution < -0.4 is 10.2 Å². The second-order valence-corrected chi connectivity index (χ2v) is 5.81. The average molecular weight is 324 g/mol. The van der Waals surface area contributed by atoms with E-state index < -0.39 is 0 Å². The highest BCUT2D eigenvalue weighted by Gasteiger charge is 2.33. The first-order chi connectivity index (χ1) is 11.7. The van der Waals surface area contributed by atoms with Crippen molar-refractivity contribution in [1.82, 2.24) is 15.0 Å². The topological polar surface area (TPSA) is 87.0 Å². The van der Waals surface area contributed by atoms with Gasteiger partial charge >= 0.3 is 0 Å². The van der Waals surface area contributed by atoms with Crippen LogP contribution in [0.15, 0.2) is 30.7 Å². The van der Waals surface area contributed by atoms with E-state index in [1.807, 2.05) is 19.1 Å². The van der Waals surface area contributed by atoms with Crippen LogP contribution in [0.25, 0.3) is 0 Å². The number of nitrogens with one attached hydrogen (secondary N) is 1. The molecule has 124 valence electrons. The SMILES string of the molecule is CO[C@@H]1C[C@H](CNc2nc(C)ccc2C#N)N(c2ccncn2)C1. The van der Waals surface area contributed by atoms with Gasteiger partial charge in [-0.1, -0.05) is 0 Å². The van der Waals surface area contributed by atoms with Gasteiger partial charge < -0.3 is 15.0 Å². The molecule has 0 spiro atoms. The molecule has 0 aliphatic carbocycles. The van der Waals surface area contributed by atoms with Gasteiger partial charge in [-0.2, -0.15) is 5.26 Å². The van der Waals surface area contributed by atoms with Gasteiger partial charge in [0.1, 0.15) is 24.0 Å². The Hall–Kier alpha value is -2.72. The molecule has 24 heavy (non-hydrogen) atoms. The molecule has 0 radical (unpaired) electrons. The van der Waals surface area contributed by atoms with Gasteiger partial charge in [0, 0.05) is 32.1 Å². The lowest BCUT2D eigenvalue weighted by atomic mass is 10.2. The van der Waals surface area contributed by atoms with Gasteiger partial charge in [0.2, 0.25) is 0 Å². The second kappa shape index (κ2) is 7.23. The number of aryl methyl sites for hydroxylation is 1. The van der Waals surface area contributed by atoms with Gasteiger partial charge in [0.05, 0.1) is 17.7 Å². The molecule has 0 aromatic carbocycles. The number of hydrogen-bond acceptors (Lipinski definition) is 7. The van der Waals surface area contributed by atoms with Crippen molar-refractivity contribution in [1.29, 1.82) is 5.26 Å². The van der Waals surface area contributed by atoms with E-state index in [9.17, 15) is 5.26 Å². The Morgan fingerprint density at radius 1 is 1.42 bits per heavy atom. The second-order valence-electron chi connectivity index (χ2n) is 5.81. The summed E-state index contributed by atoms with van der Waals surface area (Å²) in [7, 11) is 1.73. The van der Waals surface area contributed by atoms with Crippen molar-refractivity contribution in [2.75, 3.05) is 30.4 Å². The average Bonchev–Trinajstić information content (AvgIpc) is 3.04. The van der Waals surface area contributed by atoms with E-state index in [0.29, 0.717) is 17.9 Å². The maximum Gasteiger partial charge on any atom is 0.144 e. The summed E-state index contributed by atoms with van der Waals surface area (Å²) in [5, 5.41) is 12.6. The Morgan fingerprint density at radius 3 is 3.00 bits per heavy atom. The van der Waals surface area contributed by atoms with Crippen LogP contribution in [0.1, 0.15) is 17.7 Å². The van der Waals surface area contributed by atoms with Crippen molar-refractivity contribution in [3.63, 3.8) is 0 Å². The van der Waals surface area contributed by atoms with Crippen molar-refractivity contribution < 1.29 is 4.74 Å². The lowest BCUT2D eigenvalue weighted by Crippen LogP contribution is -2.36. The van der Waals surface area contributed by atoms with Crippen LogP contribution in [-0.4, -0.2) is 47.3 Å². The van der Waals surface area contributed by atoms with Gasteiger partial charge in [-0.25, -0.2) is 15.0 Å². The molecule has 3 heterocycles. The Labute approximate surface area is 141 Å². The summed E-state index contributed by atoms with van der Waals surface area (Å²) in [6.07, 6.45) is 4.34. The Morgan fingerprint density at radius 2 is 2.29 bits per heavy atom. The molecule has 0 bridgehead atoms. The van der Waals surface area contributed by atoms with E-state index in [0.717, 1.165) is 24.5 Å². The van der Waals surface area contributed by atoms with Crippen LogP contribution in [-0.2, 0) is 4.74 Å². The highest BCUT2D eigenvalue weighted by atomic mass is 16.5. The maximum absolute atomic E-state index is 9.23.